The molecule has 1 heterocycles. The summed E-state index contributed by atoms with van der Waals surface area (Å²) in [6, 6.07) is 0. The molecule has 0 radical (unpaired) electrons. The Labute approximate surface area is 67.6 Å². The zero-order valence-corrected chi connectivity index (χ0v) is 6.95. The van der Waals surface area contributed by atoms with Crippen LogP contribution in [-0.4, -0.2) is 37.6 Å². The molecule has 0 aliphatic carbocycles. The maximum Gasteiger partial charge on any atom is 0.0745 e. The highest BCUT2D eigenvalue weighted by molar-refractivity contribution is 4.63. The second-order valence-electron chi connectivity index (χ2n) is 2.29. The molecular formula is C8H16O3. The number of epoxide rings is 1. The van der Waals surface area contributed by atoms with Crippen molar-refractivity contribution in [1.29, 1.82) is 0 Å². The van der Waals surface area contributed by atoms with Gasteiger partial charge in [-0.15, -0.1) is 6.58 Å². The highest BCUT2D eigenvalue weighted by atomic mass is 16.6. The lowest BCUT2D eigenvalue weighted by molar-refractivity contribution is 0.0599. The summed E-state index contributed by atoms with van der Waals surface area (Å²) in [4.78, 5) is 0. The SMILES string of the molecule is C1CO1.C=CCOCC(C)O. The van der Waals surface area contributed by atoms with E-state index in [0.29, 0.717) is 13.2 Å². The molecule has 3 nitrogen and oxygen atoms in total. The van der Waals surface area contributed by atoms with Crippen LogP contribution in [0.2, 0.25) is 0 Å². The fourth-order valence-corrected chi connectivity index (χ4v) is 0.322. The molecule has 3 heteroatoms. The average molecular weight is 160 g/mol. The van der Waals surface area contributed by atoms with Crippen molar-refractivity contribution >= 4 is 0 Å². The van der Waals surface area contributed by atoms with Gasteiger partial charge in [0, 0.05) is 0 Å². The van der Waals surface area contributed by atoms with Crippen LogP contribution in [0.1, 0.15) is 6.92 Å². The van der Waals surface area contributed by atoms with Crippen LogP contribution in [0.15, 0.2) is 12.7 Å². The molecule has 0 aromatic rings. The Morgan fingerprint density at radius 1 is 1.73 bits per heavy atom. The number of rotatable bonds is 4. The minimum atomic E-state index is -0.366. The second-order valence-corrected chi connectivity index (χ2v) is 2.29. The quantitative estimate of drug-likeness (QED) is 0.372. The molecule has 0 aromatic heterocycles. The van der Waals surface area contributed by atoms with Crippen LogP contribution < -0.4 is 0 Å². The molecule has 0 saturated carbocycles. The van der Waals surface area contributed by atoms with E-state index in [4.69, 9.17) is 9.84 Å². The highest BCUT2D eigenvalue weighted by Gasteiger charge is 1.94. The van der Waals surface area contributed by atoms with Gasteiger partial charge < -0.3 is 14.6 Å². The number of ether oxygens (including phenoxy) is 2. The summed E-state index contributed by atoms with van der Waals surface area (Å²) in [5.41, 5.74) is 0. The van der Waals surface area contributed by atoms with Crippen LogP contribution in [0.5, 0.6) is 0 Å². The lowest BCUT2D eigenvalue weighted by Crippen LogP contribution is -2.09. The van der Waals surface area contributed by atoms with Gasteiger partial charge in [-0.2, -0.15) is 0 Å². The largest absolute Gasteiger partial charge is 0.391 e. The normalized spacial score (nSPS) is 16.2. The van der Waals surface area contributed by atoms with Gasteiger partial charge in [0.1, 0.15) is 0 Å². The van der Waals surface area contributed by atoms with E-state index in [1.165, 1.54) is 0 Å². The van der Waals surface area contributed by atoms with Gasteiger partial charge >= 0.3 is 0 Å². The molecule has 1 rings (SSSR count). The average Bonchev–Trinajstić information content (AvgIpc) is 2.71. The van der Waals surface area contributed by atoms with Crippen LogP contribution in [0.25, 0.3) is 0 Å². The van der Waals surface area contributed by atoms with Gasteiger partial charge in [-0.1, -0.05) is 6.08 Å². The lowest BCUT2D eigenvalue weighted by atomic mass is 10.4. The summed E-state index contributed by atoms with van der Waals surface area (Å²) in [5.74, 6) is 0. The van der Waals surface area contributed by atoms with E-state index in [1.54, 1.807) is 13.0 Å². The van der Waals surface area contributed by atoms with Crippen molar-refractivity contribution in [2.75, 3.05) is 26.4 Å². The third-order valence-corrected chi connectivity index (χ3v) is 0.799. The predicted molar refractivity (Wildman–Crippen MR) is 43.5 cm³/mol. The topological polar surface area (TPSA) is 42.0 Å². The Morgan fingerprint density at radius 3 is 2.55 bits per heavy atom. The molecule has 0 aromatic carbocycles. The van der Waals surface area contributed by atoms with Gasteiger partial charge in [0.25, 0.3) is 0 Å². The molecule has 1 atom stereocenters. The molecule has 1 N–H and O–H groups in total. The first-order chi connectivity index (χ1) is 5.27. The first-order valence-corrected chi connectivity index (χ1v) is 3.71. The number of aliphatic hydroxyl groups excluding tert-OH is 1. The second kappa shape index (κ2) is 7.72. The summed E-state index contributed by atoms with van der Waals surface area (Å²) in [7, 11) is 0. The van der Waals surface area contributed by atoms with Crippen LogP contribution in [-0.2, 0) is 9.47 Å². The van der Waals surface area contributed by atoms with E-state index in [1.807, 2.05) is 0 Å². The van der Waals surface area contributed by atoms with E-state index >= 15 is 0 Å². The number of aliphatic hydroxyl groups is 1. The molecule has 0 amide bonds. The van der Waals surface area contributed by atoms with Crippen LogP contribution in [0.4, 0.5) is 0 Å². The standard InChI is InChI=1S/C6H12O2.C2H4O/c1-3-4-8-5-6(2)7;1-2-3-1/h3,6-7H,1,4-5H2,2H3;1-2H2. The predicted octanol–water partition coefficient (Wildman–Crippen LogP) is 0.586. The molecule has 0 spiro atoms. The molecule has 1 fully saturated rings. The Bertz CT molecular complexity index is 86.6. The Balaban J connectivity index is 0.000000271. The summed E-state index contributed by atoms with van der Waals surface area (Å²) in [5, 5.41) is 8.62. The van der Waals surface area contributed by atoms with Gasteiger partial charge in [-0.25, -0.2) is 0 Å². The van der Waals surface area contributed by atoms with E-state index < -0.39 is 0 Å². The molecule has 0 bridgehead atoms. The molecule has 1 aliphatic heterocycles. The summed E-state index contributed by atoms with van der Waals surface area (Å²) < 4.78 is 9.38. The van der Waals surface area contributed by atoms with Crippen molar-refractivity contribution in [1.82, 2.24) is 0 Å². The van der Waals surface area contributed by atoms with E-state index in [0.717, 1.165) is 13.2 Å². The number of hydrogen-bond donors (Lipinski definition) is 1. The third-order valence-electron chi connectivity index (χ3n) is 0.799. The maximum atomic E-state index is 8.62. The molecule has 1 aliphatic rings. The van der Waals surface area contributed by atoms with Crippen molar-refractivity contribution in [2.24, 2.45) is 0 Å². The zero-order valence-electron chi connectivity index (χ0n) is 6.95. The fraction of sp³-hybridized carbons (Fsp3) is 0.750. The molecule has 1 unspecified atom stereocenters. The summed E-state index contributed by atoms with van der Waals surface area (Å²) in [6.07, 6.45) is 1.29. The van der Waals surface area contributed by atoms with Gasteiger partial charge in [0.2, 0.25) is 0 Å². The smallest absolute Gasteiger partial charge is 0.0745 e. The third kappa shape index (κ3) is 17.7. The van der Waals surface area contributed by atoms with Crippen molar-refractivity contribution < 1.29 is 14.6 Å². The molecule has 11 heavy (non-hydrogen) atoms. The molecular weight excluding hydrogens is 144 g/mol. The van der Waals surface area contributed by atoms with Crippen molar-refractivity contribution in [2.45, 2.75) is 13.0 Å². The Hall–Kier alpha value is -0.380. The van der Waals surface area contributed by atoms with Gasteiger partial charge in [-0.3, -0.25) is 0 Å². The highest BCUT2D eigenvalue weighted by Crippen LogP contribution is 1.84. The van der Waals surface area contributed by atoms with E-state index in [9.17, 15) is 0 Å². The summed E-state index contributed by atoms with van der Waals surface area (Å²) in [6.45, 7) is 8.05. The molecule has 66 valence electrons. The monoisotopic (exact) mass is 160 g/mol. The van der Waals surface area contributed by atoms with Crippen molar-refractivity contribution in [3.8, 4) is 0 Å². The van der Waals surface area contributed by atoms with Gasteiger partial charge in [0.05, 0.1) is 32.5 Å². The Kier molecular flexibility index (Phi) is 7.46. The lowest BCUT2D eigenvalue weighted by Gasteiger charge is -2.01. The maximum absolute atomic E-state index is 8.62. The minimum Gasteiger partial charge on any atom is -0.391 e. The van der Waals surface area contributed by atoms with Crippen molar-refractivity contribution in [3.05, 3.63) is 12.7 Å². The fourth-order valence-electron chi connectivity index (χ4n) is 0.322. The van der Waals surface area contributed by atoms with Crippen LogP contribution in [0.3, 0.4) is 0 Å². The van der Waals surface area contributed by atoms with Crippen molar-refractivity contribution in [3.63, 3.8) is 0 Å². The summed E-state index contributed by atoms with van der Waals surface area (Å²) >= 11 is 0. The first kappa shape index (κ1) is 10.6. The van der Waals surface area contributed by atoms with Crippen LogP contribution >= 0.6 is 0 Å². The van der Waals surface area contributed by atoms with E-state index in [2.05, 4.69) is 11.3 Å². The Morgan fingerprint density at radius 2 is 2.27 bits per heavy atom. The first-order valence-electron chi connectivity index (χ1n) is 3.71. The number of hydrogen-bond acceptors (Lipinski definition) is 3. The zero-order chi connectivity index (χ0) is 8.53. The van der Waals surface area contributed by atoms with Crippen LogP contribution in [0, 0.1) is 0 Å². The van der Waals surface area contributed by atoms with E-state index in [-0.39, 0.29) is 6.10 Å². The molecule has 1 saturated heterocycles. The minimum absolute atomic E-state index is 0.366. The van der Waals surface area contributed by atoms with Gasteiger partial charge in [0.15, 0.2) is 0 Å². The van der Waals surface area contributed by atoms with Gasteiger partial charge in [-0.05, 0) is 6.92 Å².